The molecule has 1 aliphatic rings. The van der Waals surface area contributed by atoms with E-state index in [2.05, 4.69) is 12.2 Å². The zero-order valence-electron chi connectivity index (χ0n) is 16.5. The fourth-order valence-corrected chi connectivity index (χ4v) is 4.58. The van der Waals surface area contributed by atoms with Crippen molar-refractivity contribution in [2.24, 2.45) is 0 Å². The number of anilines is 2. The predicted octanol–water partition coefficient (Wildman–Crippen LogP) is 5.42. The highest BCUT2D eigenvalue weighted by molar-refractivity contribution is 8.00. The molecule has 1 atom stereocenters. The van der Waals surface area contributed by atoms with E-state index in [4.69, 9.17) is 0 Å². The van der Waals surface area contributed by atoms with Crippen molar-refractivity contribution in [1.82, 2.24) is 0 Å². The van der Waals surface area contributed by atoms with E-state index in [0.717, 1.165) is 12.0 Å². The SMILES string of the molecule is CCc1ccc(C(=O)Nc2cccc([C@H]3SCC(=O)N3c3ccc(F)cc3)c2)cc1. The lowest BCUT2D eigenvalue weighted by atomic mass is 10.1. The number of nitrogens with zero attached hydrogens (tertiary/aromatic N) is 1. The fraction of sp³-hybridized carbons (Fsp3) is 0.167. The normalized spacial score (nSPS) is 16.0. The van der Waals surface area contributed by atoms with Gasteiger partial charge in [-0.3, -0.25) is 14.5 Å². The average Bonchev–Trinajstić information content (AvgIpc) is 3.16. The van der Waals surface area contributed by atoms with E-state index in [1.54, 1.807) is 17.0 Å². The minimum atomic E-state index is -0.341. The first-order valence-corrected chi connectivity index (χ1v) is 10.8. The lowest BCUT2D eigenvalue weighted by Crippen LogP contribution is -2.27. The second-order valence-corrected chi connectivity index (χ2v) is 8.10. The van der Waals surface area contributed by atoms with Crippen LogP contribution in [0.15, 0.2) is 72.8 Å². The van der Waals surface area contributed by atoms with Gasteiger partial charge in [0.1, 0.15) is 11.2 Å². The van der Waals surface area contributed by atoms with Gasteiger partial charge in [-0.1, -0.05) is 31.2 Å². The standard InChI is InChI=1S/C24H21FN2O2S/c1-2-16-6-8-17(9-7-16)23(29)26-20-5-3-4-18(14-20)24-27(22(28)15-30-24)21-12-10-19(25)11-13-21/h3-14,24H,2,15H2,1H3,(H,26,29)/t24-/m1/s1. The van der Waals surface area contributed by atoms with Gasteiger partial charge in [0.25, 0.3) is 5.91 Å². The molecule has 1 fully saturated rings. The van der Waals surface area contributed by atoms with Crippen molar-refractivity contribution < 1.29 is 14.0 Å². The minimum Gasteiger partial charge on any atom is -0.322 e. The van der Waals surface area contributed by atoms with Crippen LogP contribution in [-0.2, 0) is 11.2 Å². The van der Waals surface area contributed by atoms with Gasteiger partial charge in [-0.15, -0.1) is 11.8 Å². The van der Waals surface area contributed by atoms with Crippen LogP contribution in [-0.4, -0.2) is 17.6 Å². The van der Waals surface area contributed by atoms with Gasteiger partial charge in [0, 0.05) is 16.9 Å². The van der Waals surface area contributed by atoms with Gasteiger partial charge in [0.2, 0.25) is 5.91 Å². The monoisotopic (exact) mass is 420 g/mol. The van der Waals surface area contributed by atoms with Crippen LogP contribution < -0.4 is 10.2 Å². The average molecular weight is 421 g/mol. The zero-order chi connectivity index (χ0) is 21.1. The number of nitrogens with one attached hydrogen (secondary N) is 1. The Labute approximate surface area is 179 Å². The maximum atomic E-state index is 13.3. The molecule has 0 saturated carbocycles. The van der Waals surface area contributed by atoms with E-state index in [0.29, 0.717) is 22.7 Å². The van der Waals surface area contributed by atoms with Gasteiger partial charge in [-0.05, 0) is 66.1 Å². The van der Waals surface area contributed by atoms with Crippen LogP contribution in [0.25, 0.3) is 0 Å². The molecule has 6 heteroatoms. The van der Waals surface area contributed by atoms with Crippen molar-refractivity contribution in [2.45, 2.75) is 18.7 Å². The number of thioether (sulfide) groups is 1. The van der Waals surface area contributed by atoms with Gasteiger partial charge in [-0.2, -0.15) is 0 Å². The van der Waals surface area contributed by atoms with E-state index < -0.39 is 0 Å². The highest BCUT2D eigenvalue weighted by Gasteiger charge is 2.34. The summed E-state index contributed by atoms with van der Waals surface area (Å²) in [6, 6.07) is 21.0. The first kappa shape index (κ1) is 20.2. The Morgan fingerprint density at radius 3 is 2.53 bits per heavy atom. The van der Waals surface area contributed by atoms with Crippen LogP contribution in [0, 0.1) is 5.82 Å². The van der Waals surface area contributed by atoms with Crippen LogP contribution in [0.5, 0.6) is 0 Å². The molecule has 0 unspecified atom stereocenters. The molecule has 4 rings (SSSR count). The summed E-state index contributed by atoms with van der Waals surface area (Å²) in [5.74, 6) is -0.198. The van der Waals surface area contributed by atoms with Gasteiger partial charge >= 0.3 is 0 Å². The molecule has 3 aromatic rings. The summed E-state index contributed by atoms with van der Waals surface area (Å²) in [5, 5.41) is 2.70. The maximum absolute atomic E-state index is 13.3. The molecule has 0 spiro atoms. The number of benzene rings is 3. The zero-order valence-corrected chi connectivity index (χ0v) is 17.3. The van der Waals surface area contributed by atoms with Crippen molar-refractivity contribution in [1.29, 1.82) is 0 Å². The molecule has 0 aromatic heterocycles. The number of amides is 2. The highest BCUT2D eigenvalue weighted by atomic mass is 32.2. The third-order valence-electron chi connectivity index (χ3n) is 5.03. The molecule has 2 amide bonds. The number of halogens is 1. The van der Waals surface area contributed by atoms with Crippen molar-refractivity contribution >= 4 is 35.0 Å². The number of carbonyl (C=O) groups excluding carboxylic acids is 2. The van der Waals surface area contributed by atoms with Gasteiger partial charge in [-0.25, -0.2) is 4.39 Å². The number of rotatable bonds is 5. The molecule has 30 heavy (non-hydrogen) atoms. The smallest absolute Gasteiger partial charge is 0.255 e. The molecule has 1 aliphatic heterocycles. The first-order chi connectivity index (χ1) is 14.5. The van der Waals surface area contributed by atoms with E-state index in [1.165, 1.54) is 29.5 Å². The van der Waals surface area contributed by atoms with Gasteiger partial charge in [0.15, 0.2) is 0 Å². The summed E-state index contributed by atoms with van der Waals surface area (Å²) in [6.45, 7) is 2.07. The fourth-order valence-electron chi connectivity index (χ4n) is 3.42. The van der Waals surface area contributed by atoms with Crippen LogP contribution in [0.4, 0.5) is 15.8 Å². The van der Waals surface area contributed by atoms with Gasteiger partial charge in [0.05, 0.1) is 5.75 Å². The third-order valence-corrected chi connectivity index (χ3v) is 6.24. The Kier molecular flexibility index (Phi) is 5.86. The van der Waals surface area contributed by atoms with Gasteiger partial charge < -0.3 is 5.32 Å². The maximum Gasteiger partial charge on any atom is 0.255 e. The first-order valence-electron chi connectivity index (χ1n) is 9.74. The molecule has 3 aromatic carbocycles. The number of hydrogen-bond donors (Lipinski definition) is 1. The Balaban J connectivity index is 1.55. The molecule has 4 nitrogen and oxygen atoms in total. The quantitative estimate of drug-likeness (QED) is 0.600. The number of hydrogen-bond acceptors (Lipinski definition) is 3. The van der Waals surface area contributed by atoms with Crippen LogP contribution >= 0.6 is 11.8 Å². The minimum absolute atomic E-state index is 0.0259. The molecule has 0 radical (unpaired) electrons. The van der Waals surface area contributed by atoms with Crippen molar-refractivity contribution in [2.75, 3.05) is 16.0 Å². The van der Waals surface area contributed by atoms with E-state index in [9.17, 15) is 14.0 Å². The molecule has 0 bridgehead atoms. The van der Waals surface area contributed by atoms with Crippen molar-refractivity contribution in [3.05, 3.63) is 95.3 Å². The van der Waals surface area contributed by atoms with E-state index in [-0.39, 0.29) is 23.0 Å². The Hall–Kier alpha value is -3.12. The highest BCUT2D eigenvalue weighted by Crippen LogP contribution is 2.42. The Morgan fingerprint density at radius 2 is 1.83 bits per heavy atom. The summed E-state index contributed by atoms with van der Waals surface area (Å²) >= 11 is 1.51. The van der Waals surface area contributed by atoms with Crippen LogP contribution in [0.3, 0.4) is 0 Å². The second kappa shape index (κ2) is 8.71. The van der Waals surface area contributed by atoms with Crippen molar-refractivity contribution in [3.63, 3.8) is 0 Å². The lowest BCUT2D eigenvalue weighted by Gasteiger charge is -2.24. The number of aryl methyl sites for hydroxylation is 1. The summed E-state index contributed by atoms with van der Waals surface area (Å²) in [6.07, 6.45) is 0.923. The summed E-state index contributed by atoms with van der Waals surface area (Å²) < 4.78 is 13.3. The lowest BCUT2D eigenvalue weighted by molar-refractivity contribution is -0.115. The van der Waals surface area contributed by atoms with E-state index in [1.807, 2.05) is 48.5 Å². The predicted molar refractivity (Wildman–Crippen MR) is 119 cm³/mol. The molecule has 1 N–H and O–H groups in total. The molecular formula is C24H21FN2O2S. The molecule has 152 valence electrons. The second-order valence-electron chi connectivity index (χ2n) is 7.03. The Morgan fingerprint density at radius 1 is 1.10 bits per heavy atom. The van der Waals surface area contributed by atoms with E-state index >= 15 is 0 Å². The van der Waals surface area contributed by atoms with Crippen LogP contribution in [0.1, 0.15) is 33.8 Å². The molecular weight excluding hydrogens is 399 g/mol. The molecule has 0 aliphatic carbocycles. The molecule has 1 saturated heterocycles. The van der Waals surface area contributed by atoms with Crippen LogP contribution in [0.2, 0.25) is 0 Å². The number of carbonyl (C=O) groups is 2. The third kappa shape index (κ3) is 4.24. The van der Waals surface area contributed by atoms with Crippen molar-refractivity contribution in [3.8, 4) is 0 Å². The topological polar surface area (TPSA) is 49.4 Å². The Bertz CT molecular complexity index is 1070. The largest absolute Gasteiger partial charge is 0.322 e. The molecule has 1 heterocycles. The summed E-state index contributed by atoms with van der Waals surface area (Å²) in [5.41, 5.74) is 3.99. The summed E-state index contributed by atoms with van der Waals surface area (Å²) in [7, 11) is 0. The summed E-state index contributed by atoms with van der Waals surface area (Å²) in [4.78, 5) is 26.8.